The Kier molecular flexibility index (Phi) is 11.7. The van der Waals surface area contributed by atoms with Crippen molar-refractivity contribution in [1.29, 1.82) is 0 Å². The summed E-state index contributed by atoms with van der Waals surface area (Å²) in [7, 11) is 0. The Morgan fingerprint density at radius 2 is 1.71 bits per heavy atom. The van der Waals surface area contributed by atoms with Crippen molar-refractivity contribution in [3.8, 4) is 0 Å². The molecular weight excluding hydrogens is 608 g/mol. The van der Waals surface area contributed by atoms with E-state index in [0.29, 0.717) is 19.3 Å². The number of carbonyl (C=O) groups excluding carboxylic acids is 5. The van der Waals surface area contributed by atoms with Gasteiger partial charge in [0.2, 0.25) is 5.91 Å². The van der Waals surface area contributed by atoms with E-state index in [9.17, 15) is 24.0 Å². The van der Waals surface area contributed by atoms with Crippen LogP contribution in [0.3, 0.4) is 0 Å². The lowest BCUT2D eigenvalue weighted by Crippen LogP contribution is -2.47. The summed E-state index contributed by atoms with van der Waals surface area (Å²) in [4.78, 5) is 66.7. The monoisotopic (exact) mass is 658 g/mol. The van der Waals surface area contributed by atoms with E-state index in [2.05, 4.69) is 10.6 Å². The first-order chi connectivity index (χ1) is 22.6. The van der Waals surface area contributed by atoms with Gasteiger partial charge in [-0.3, -0.25) is 14.4 Å². The number of rotatable bonds is 13. The number of alkyl carbamates (subject to hydrolysis) is 1. The van der Waals surface area contributed by atoms with E-state index in [-0.39, 0.29) is 54.7 Å². The highest BCUT2D eigenvalue weighted by molar-refractivity contribution is 6.06. The molecule has 9 nitrogen and oxygen atoms in total. The fourth-order valence-corrected chi connectivity index (χ4v) is 7.03. The zero-order valence-corrected chi connectivity index (χ0v) is 29.3. The second-order valence-electron chi connectivity index (χ2n) is 14.6. The van der Waals surface area contributed by atoms with Crippen LogP contribution in [0.1, 0.15) is 83.9 Å². The summed E-state index contributed by atoms with van der Waals surface area (Å²) in [5.74, 6) is -2.29. The molecule has 1 heterocycles. The Morgan fingerprint density at radius 3 is 2.35 bits per heavy atom. The summed E-state index contributed by atoms with van der Waals surface area (Å²) in [6.07, 6.45) is 3.79. The lowest BCUT2D eigenvalue weighted by molar-refractivity contribution is -0.137. The smallest absolute Gasteiger partial charge is 0.408 e. The van der Waals surface area contributed by atoms with Crippen LogP contribution in [0.2, 0.25) is 0 Å². The van der Waals surface area contributed by atoms with Gasteiger partial charge in [-0.15, -0.1) is 0 Å². The fourth-order valence-electron chi connectivity index (χ4n) is 7.03. The zero-order chi connectivity index (χ0) is 35.2. The molecule has 0 bridgehead atoms. The predicted octanol–water partition coefficient (Wildman–Crippen LogP) is 6.66. The second-order valence-corrected chi connectivity index (χ2v) is 14.6. The van der Waals surface area contributed by atoms with Crippen LogP contribution in [-0.2, 0) is 40.5 Å². The Bertz CT molecular complexity index is 1540. The average molecular weight is 659 g/mol. The number of anilines is 1. The van der Waals surface area contributed by atoms with Crippen molar-refractivity contribution in [2.75, 3.05) is 11.9 Å². The number of Topliss-reactive ketones (excluding diaryl/α,β-unsaturated/α-hetero) is 2. The number of hydrogen-bond donors (Lipinski definition) is 2. The molecule has 2 N–H and O–H groups in total. The topological polar surface area (TPSA) is 128 Å². The number of ether oxygens (including phenoxy) is 2. The van der Waals surface area contributed by atoms with Crippen LogP contribution < -0.4 is 10.6 Å². The first kappa shape index (κ1) is 36.6. The molecule has 2 aromatic rings. The lowest BCUT2D eigenvalue weighted by atomic mass is 9.78. The Labute approximate surface area is 284 Å². The van der Waals surface area contributed by atoms with Crippen LogP contribution in [0.5, 0.6) is 0 Å². The van der Waals surface area contributed by atoms with Crippen molar-refractivity contribution in [2.24, 2.45) is 23.7 Å². The van der Waals surface area contributed by atoms with E-state index in [0.717, 1.165) is 22.4 Å². The minimum Gasteiger partial charge on any atom is -0.463 e. The van der Waals surface area contributed by atoms with Crippen molar-refractivity contribution in [3.05, 3.63) is 77.4 Å². The molecule has 0 aromatic heterocycles. The highest BCUT2D eigenvalue weighted by Gasteiger charge is 2.54. The van der Waals surface area contributed by atoms with Gasteiger partial charge in [-0.25, -0.2) is 9.59 Å². The van der Waals surface area contributed by atoms with Gasteiger partial charge in [0, 0.05) is 30.5 Å². The van der Waals surface area contributed by atoms with Crippen molar-refractivity contribution in [3.63, 3.8) is 0 Å². The normalized spacial score (nSPS) is 21.5. The van der Waals surface area contributed by atoms with Crippen molar-refractivity contribution >= 4 is 35.2 Å². The summed E-state index contributed by atoms with van der Waals surface area (Å²) < 4.78 is 10.5. The summed E-state index contributed by atoms with van der Waals surface area (Å²) in [5, 5.41) is 5.75. The number of nitrogens with one attached hydrogen (secondary N) is 2. The summed E-state index contributed by atoms with van der Waals surface area (Å²) in [6, 6.07) is 14.7. The molecule has 1 unspecified atom stereocenters. The van der Waals surface area contributed by atoms with E-state index in [1.165, 1.54) is 6.08 Å². The number of aryl methyl sites for hydroxylation is 1. The van der Waals surface area contributed by atoms with Gasteiger partial charge in [0.25, 0.3) is 0 Å². The molecule has 1 aliphatic carbocycles. The van der Waals surface area contributed by atoms with Gasteiger partial charge >= 0.3 is 12.1 Å². The molecule has 5 atom stereocenters. The van der Waals surface area contributed by atoms with Gasteiger partial charge in [-0.2, -0.15) is 0 Å². The number of hydrogen-bond acceptors (Lipinski definition) is 7. The van der Waals surface area contributed by atoms with Gasteiger partial charge in [0.15, 0.2) is 5.78 Å². The molecular formula is C39H50N2O7. The third-order valence-corrected chi connectivity index (χ3v) is 9.35. The van der Waals surface area contributed by atoms with E-state index in [1.54, 1.807) is 33.8 Å². The molecule has 4 rings (SSSR count). The number of carbonyl (C=O) groups is 5. The molecule has 2 aromatic carbocycles. The van der Waals surface area contributed by atoms with Crippen LogP contribution in [0.15, 0.2) is 60.7 Å². The highest BCUT2D eigenvalue weighted by Crippen LogP contribution is 2.54. The van der Waals surface area contributed by atoms with Crippen LogP contribution in [0, 0.1) is 30.6 Å². The Balaban J connectivity index is 1.62. The van der Waals surface area contributed by atoms with Crippen LogP contribution in [-0.4, -0.2) is 47.8 Å². The number of esters is 1. The molecule has 1 fully saturated rings. The average Bonchev–Trinajstić information content (AvgIpc) is 3.50. The summed E-state index contributed by atoms with van der Waals surface area (Å²) in [5.41, 5.74) is 2.13. The maximum Gasteiger partial charge on any atom is 0.408 e. The summed E-state index contributed by atoms with van der Waals surface area (Å²) in [6.45, 7) is 12.9. The maximum absolute atomic E-state index is 14.3. The minimum absolute atomic E-state index is 0.0597. The van der Waals surface area contributed by atoms with Crippen molar-refractivity contribution < 1.29 is 33.4 Å². The lowest BCUT2D eigenvalue weighted by Gasteiger charge is -2.27. The van der Waals surface area contributed by atoms with E-state index < -0.39 is 35.0 Å². The fraction of sp³-hybridized carbons (Fsp3) is 0.513. The molecule has 9 heteroatoms. The van der Waals surface area contributed by atoms with Crippen LogP contribution in [0.4, 0.5) is 10.5 Å². The molecule has 0 saturated heterocycles. The minimum atomic E-state index is -0.832. The first-order valence-electron chi connectivity index (χ1n) is 17.0. The van der Waals surface area contributed by atoms with Crippen molar-refractivity contribution in [2.45, 2.75) is 97.6 Å². The van der Waals surface area contributed by atoms with Gasteiger partial charge in [-0.1, -0.05) is 68.0 Å². The predicted molar refractivity (Wildman–Crippen MR) is 184 cm³/mol. The highest BCUT2D eigenvalue weighted by atomic mass is 16.6. The quantitative estimate of drug-likeness (QED) is 0.182. The van der Waals surface area contributed by atoms with Crippen molar-refractivity contribution in [1.82, 2.24) is 5.32 Å². The number of benzene rings is 2. The molecule has 1 saturated carbocycles. The number of ketones is 2. The summed E-state index contributed by atoms with van der Waals surface area (Å²) >= 11 is 0. The standard InChI is InChI=1S/C39H50N2O7/c1-8-47-34(44)18-17-27-22-39(30-11-9-10-12-31(30)40-36(39)45)23-29(27)21-32(42)28(19-26-15-13-25(4)14-16-26)20-33(43)35(24(2)3)41-37(46)48-38(5,6)7/h9-18,24,27-29,35H,8,19-23H2,1-7H3,(H,40,45)(H,41,46)/b18-17+/t27-,28-,29?,35+,39+/m1/s1. The molecule has 1 spiro atoms. The van der Waals surface area contributed by atoms with Gasteiger partial charge in [0.1, 0.15) is 11.4 Å². The van der Waals surface area contributed by atoms with Crippen LogP contribution >= 0.6 is 0 Å². The molecule has 258 valence electrons. The number of fused-ring (bicyclic) bond motifs is 2. The SMILES string of the molecule is CCOC(=O)/C=C/[C@@H]1C[C@@]2(CC1CC(=O)[C@@H](CC(=O)[C@@H](NC(=O)OC(C)(C)C)C(C)C)Cc1ccc(C)cc1)C(=O)Nc1ccccc12. The Hall–Kier alpha value is -4.27. The Morgan fingerprint density at radius 1 is 1.02 bits per heavy atom. The third-order valence-electron chi connectivity index (χ3n) is 9.35. The number of allylic oxidation sites excluding steroid dienone is 1. The largest absolute Gasteiger partial charge is 0.463 e. The second kappa shape index (κ2) is 15.3. The number of amides is 2. The number of para-hydroxylation sites is 1. The molecule has 48 heavy (non-hydrogen) atoms. The van der Waals surface area contributed by atoms with Gasteiger partial charge in [-0.05, 0) is 88.8 Å². The van der Waals surface area contributed by atoms with E-state index >= 15 is 0 Å². The van der Waals surface area contributed by atoms with Gasteiger partial charge in [0.05, 0.1) is 18.1 Å². The molecule has 1 aliphatic heterocycles. The van der Waals surface area contributed by atoms with Crippen LogP contribution in [0.25, 0.3) is 0 Å². The molecule has 2 aliphatic rings. The molecule has 0 radical (unpaired) electrons. The van der Waals surface area contributed by atoms with Gasteiger partial charge < -0.3 is 20.1 Å². The zero-order valence-electron chi connectivity index (χ0n) is 29.3. The van der Waals surface area contributed by atoms with E-state index in [1.807, 2.05) is 69.3 Å². The molecule has 2 amide bonds. The first-order valence-corrected chi connectivity index (χ1v) is 17.0. The third kappa shape index (κ3) is 8.99. The van der Waals surface area contributed by atoms with E-state index in [4.69, 9.17) is 9.47 Å². The maximum atomic E-state index is 14.3.